The molecule has 2 aromatic heterocycles. The van der Waals surface area contributed by atoms with Crippen LogP contribution in [0.1, 0.15) is 10.4 Å². The number of carbonyl (C=O) groups excluding carboxylic acids is 1. The highest BCUT2D eigenvalue weighted by Crippen LogP contribution is 2.31. The average Bonchev–Trinajstić information content (AvgIpc) is 2.92. The predicted octanol–water partition coefficient (Wildman–Crippen LogP) is 3.23. The number of aromatic nitrogens is 2. The van der Waals surface area contributed by atoms with Crippen molar-refractivity contribution in [3.05, 3.63) is 76.6 Å². The first-order valence-electron chi connectivity index (χ1n) is 11.2. The lowest BCUT2D eigenvalue weighted by Gasteiger charge is -2.35. The monoisotopic (exact) mass is 472 g/mol. The standard InChI is InChI=1S/C26H24N4O5/c1-33-22-9-7-17(16-23(22)34-2)20-8-10-24(28-27-20)29-11-13-30(14-12-29)25(31)19-15-18-5-3-4-6-21(18)35-26(19)32/h3-10,15-16H,11-14H2,1-2H3. The first-order chi connectivity index (χ1) is 17.1. The lowest BCUT2D eigenvalue weighted by molar-refractivity contribution is 0.0742. The van der Waals surface area contributed by atoms with Gasteiger partial charge in [-0.3, -0.25) is 4.79 Å². The molecule has 0 bridgehead atoms. The van der Waals surface area contributed by atoms with E-state index in [2.05, 4.69) is 15.1 Å². The second-order valence-electron chi connectivity index (χ2n) is 8.11. The SMILES string of the molecule is COc1ccc(-c2ccc(N3CCN(C(=O)c4cc5ccccc5oc4=O)CC3)nn2)cc1OC. The number of benzene rings is 2. The normalized spacial score (nSPS) is 13.7. The van der Waals surface area contributed by atoms with Gasteiger partial charge in [0.2, 0.25) is 0 Å². The molecule has 1 amide bonds. The van der Waals surface area contributed by atoms with E-state index in [1.165, 1.54) is 0 Å². The van der Waals surface area contributed by atoms with Gasteiger partial charge < -0.3 is 23.7 Å². The third kappa shape index (κ3) is 4.40. The number of carbonyl (C=O) groups is 1. The van der Waals surface area contributed by atoms with Gasteiger partial charge in [-0.1, -0.05) is 18.2 Å². The molecule has 0 unspecified atom stereocenters. The smallest absolute Gasteiger partial charge is 0.349 e. The van der Waals surface area contributed by atoms with E-state index in [0.717, 1.165) is 16.8 Å². The second kappa shape index (κ2) is 9.46. The van der Waals surface area contributed by atoms with Crippen molar-refractivity contribution in [3.8, 4) is 22.8 Å². The highest BCUT2D eigenvalue weighted by molar-refractivity contribution is 5.96. The molecule has 0 atom stereocenters. The fraction of sp³-hybridized carbons (Fsp3) is 0.231. The minimum Gasteiger partial charge on any atom is -0.493 e. The van der Waals surface area contributed by atoms with E-state index < -0.39 is 5.63 Å². The van der Waals surface area contributed by atoms with Crippen LogP contribution < -0.4 is 20.0 Å². The van der Waals surface area contributed by atoms with Crippen molar-refractivity contribution in [1.82, 2.24) is 15.1 Å². The van der Waals surface area contributed by atoms with Crippen LogP contribution in [-0.4, -0.2) is 61.4 Å². The van der Waals surface area contributed by atoms with Crippen molar-refractivity contribution < 1.29 is 18.7 Å². The number of anilines is 1. The first-order valence-corrected chi connectivity index (χ1v) is 11.2. The summed E-state index contributed by atoms with van der Waals surface area (Å²) in [7, 11) is 3.18. The molecule has 0 radical (unpaired) electrons. The number of methoxy groups -OCH3 is 2. The summed E-state index contributed by atoms with van der Waals surface area (Å²) in [6.45, 7) is 2.08. The molecule has 35 heavy (non-hydrogen) atoms. The van der Waals surface area contributed by atoms with E-state index in [-0.39, 0.29) is 11.5 Å². The molecule has 0 aliphatic carbocycles. The van der Waals surface area contributed by atoms with Crippen LogP contribution in [0.4, 0.5) is 5.82 Å². The molecule has 4 aromatic rings. The molecule has 9 nitrogen and oxygen atoms in total. The minimum atomic E-state index is -0.618. The zero-order valence-electron chi connectivity index (χ0n) is 19.4. The quantitative estimate of drug-likeness (QED) is 0.409. The van der Waals surface area contributed by atoms with Gasteiger partial charge in [-0.2, -0.15) is 0 Å². The summed E-state index contributed by atoms with van der Waals surface area (Å²) < 4.78 is 16.0. The Morgan fingerprint density at radius 3 is 2.37 bits per heavy atom. The Morgan fingerprint density at radius 2 is 1.66 bits per heavy atom. The summed E-state index contributed by atoms with van der Waals surface area (Å²) in [6, 6.07) is 18.2. The van der Waals surface area contributed by atoms with Gasteiger partial charge in [-0.25, -0.2) is 4.79 Å². The number of rotatable bonds is 5. The molecule has 3 heterocycles. The maximum Gasteiger partial charge on any atom is 0.349 e. The van der Waals surface area contributed by atoms with Crippen molar-refractivity contribution in [2.75, 3.05) is 45.3 Å². The fourth-order valence-corrected chi connectivity index (χ4v) is 4.16. The van der Waals surface area contributed by atoms with Crippen LogP contribution in [0.5, 0.6) is 11.5 Å². The molecular weight excluding hydrogens is 448 g/mol. The van der Waals surface area contributed by atoms with Crippen LogP contribution in [0, 0.1) is 0 Å². The summed E-state index contributed by atoms with van der Waals surface area (Å²) in [5.41, 5.74) is 1.48. The Bertz CT molecular complexity index is 1430. The minimum absolute atomic E-state index is 0.0521. The molecule has 1 saturated heterocycles. The molecular formula is C26H24N4O5. The van der Waals surface area contributed by atoms with Crippen LogP contribution in [0.25, 0.3) is 22.2 Å². The Labute approximate surface area is 201 Å². The largest absolute Gasteiger partial charge is 0.493 e. The van der Waals surface area contributed by atoms with Gasteiger partial charge in [0.1, 0.15) is 11.1 Å². The molecule has 1 aliphatic rings. The Kier molecular flexibility index (Phi) is 6.05. The van der Waals surface area contributed by atoms with Crippen LogP contribution in [0.15, 0.2) is 69.9 Å². The highest BCUT2D eigenvalue weighted by Gasteiger charge is 2.25. The average molecular weight is 473 g/mol. The molecule has 0 saturated carbocycles. The summed E-state index contributed by atoms with van der Waals surface area (Å²) in [5.74, 6) is 1.68. The summed E-state index contributed by atoms with van der Waals surface area (Å²) in [5, 5.41) is 9.48. The zero-order valence-corrected chi connectivity index (χ0v) is 19.4. The number of fused-ring (bicyclic) bond motifs is 1. The molecule has 178 valence electrons. The highest BCUT2D eigenvalue weighted by atomic mass is 16.5. The number of amides is 1. The van der Waals surface area contributed by atoms with E-state index in [4.69, 9.17) is 13.9 Å². The number of ether oxygens (including phenoxy) is 2. The molecule has 2 aromatic carbocycles. The summed E-state index contributed by atoms with van der Waals surface area (Å²) >= 11 is 0. The number of para-hydroxylation sites is 1. The van der Waals surface area contributed by atoms with E-state index in [1.54, 1.807) is 37.3 Å². The number of piperazine rings is 1. The Hall–Kier alpha value is -4.40. The number of hydrogen-bond donors (Lipinski definition) is 0. The first kappa shape index (κ1) is 22.4. The third-order valence-electron chi connectivity index (χ3n) is 6.09. The lowest BCUT2D eigenvalue weighted by Crippen LogP contribution is -2.49. The predicted molar refractivity (Wildman–Crippen MR) is 131 cm³/mol. The molecule has 0 N–H and O–H groups in total. The van der Waals surface area contributed by atoms with E-state index in [9.17, 15) is 9.59 Å². The van der Waals surface area contributed by atoms with Gasteiger partial charge >= 0.3 is 5.63 Å². The van der Waals surface area contributed by atoms with Crippen LogP contribution in [0.2, 0.25) is 0 Å². The van der Waals surface area contributed by atoms with Gasteiger partial charge in [0.25, 0.3) is 5.91 Å². The van der Waals surface area contributed by atoms with Crippen molar-refractivity contribution in [2.24, 2.45) is 0 Å². The number of hydrogen-bond acceptors (Lipinski definition) is 8. The van der Waals surface area contributed by atoms with E-state index in [1.807, 2.05) is 42.5 Å². The fourth-order valence-electron chi connectivity index (χ4n) is 4.16. The van der Waals surface area contributed by atoms with Crippen molar-refractivity contribution in [1.29, 1.82) is 0 Å². The Morgan fingerprint density at radius 1 is 0.886 bits per heavy atom. The second-order valence-corrected chi connectivity index (χ2v) is 8.11. The van der Waals surface area contributed by atoms with Gasteiger partial charge in [-0.15, -0.1) is 10.2 Å². The molecule has 1 fully saturated rings. The van der Waals surface area contributed by atoms with Crippen LogP contribution >= 0.6 is 0 Å². The van der Waals surface area contributed by atoms with Crippen molar-refractivity contribution in [2.45, 2.75) is 0 Å². The maximum absolute atomic E-state index is 13.0. The lowest BCUT2D eigenvalue weighted by atomic mass is 10.1. The maximum atomic E-state index is 13.0. The summed E-state index contributed by atoms with van der Waals surface area (Å²) in [6.07, 6.45) is 0. The molecule has 5 rings (SSSR count). The molecule has 1 aliphatic heterocycles. The van der Waals surface area contributed by atoms with Gasteiger partial charge in [0.05, 0.1) is 19.9 Å². The van der Waals surface area contributed by atoms with Crippen LogP contribution in [-0.2, 0) is 0 Å². The van der Waals surface area contributed by atoms with E-state index >= 15 is 0 Å². The number of nitrogens with zero attached hydrogens (tertiary/aromatic N) is 4. The third-order valence-corrected chi connectivity index (χ3v) is 6.09. The van der Waals surface area contributed by atoms with Crippen molar-refractivity contribution in [3.63, 3.8) is 0 Å². The van der Waals surface area contributed by atoms with Crippen molar-refractivity contribution >= 4 is 22.7 Å². The van der Waals surface area contributed by atoms with E-state index in [0.29, 0.717) is 49.0 Å². The van der Waals surface area contributed by atoms with Crippen LogP contribution in [0.3, 0.4) is 0 Å². The molecule has 0 spiro atoms. The topological polar surface area (TPSA) is 98.0 Å². The summed E-state index contributed by atoms with van der Waals surface area (Å²) in [4.78, 5) is 29.1. The van der Waals surface area contributed by atoms with Gasteiger partial charge in [0, 0.05) is 37.1 Å². The van der Waals surface area contributed by atoms with Gasteiger partial charge in [0.15, 0.2) is 17.3 Å². The molecule has 9 heteroatoms. The van der Waals surface area contributed by atoms with Gasteiger partial charge in [-0.05, 0) is 42.5 Å². The Balaban J connectivity index is 1.26. The zero-order chi connectivity index (χ0) is 24.4.